The lowest BCUT2D eigenvalue weighted by molar-refractivity contribution is 0.0139. The minimum atomic E-state index is -0.477. The van der Waals surface area contributed by atoms with Gasteiger partial charge in [0.25, 0.3) is 0 Å². The molecular formula is C17H25ClN2O3. The van der Waals surface area contributed by atoms with Crippen molar-refractivity contribution in [1.29, 1.82) is 0 Å². The fraction of sp³-hybridized carbons (Fsp3) is 0.588. The summed E-state index contributed by atoms with van der Waals surface area (Å²) < 4.78 is 11.2. The second kappa shape index (κ2) is 7.30. The van der Waals surface area contributed by atoms with Gasteiger partial charge in [0.1, 0.15) is 11.4 Å². The molecule has 128 valence electrons. The lowest BCUT2D eigenvalue weighted by atomic mass is 9.99. The van der Waals surface area contributed by atoms with Crippen LogP contribution < -0.4 is 10.5 Å². The van der Waals surface area contributed by atoms with Crippen molar-refractivity contribution in [3.63, 3.8) is 0 Å². The van der Waals surface area contributed by atoms with Crippen LogP contribution in [0, 0.1) is 5.92 Å². The Morgan fingerprint density at radius 1 is 1.43 bits per heavy atom. The number of piperidine rings is 1. The summed E-state index contributed by atoms with van der Waals surface area (Å²) in [5.74, 6) is 0.842. The van der Waals surface area contributed by atoms with E-state index in [1.807, 2.05) is 20.8 Å². The minimum absolute atomic E-state index is 0.258. The summed E-state index contributed by atoms with van der Waals surface area (Å²) >= 11 is 6.10. The summed E-state index contributed by atoms with van der Waals surface area (Å²) in [6.07, 6.45) is 1.70. The van der Waals surface area contributed by atoms with E-state index in [1.165, 1.54) is 0 Å². The minimum Gasteiger partial charge on any atom is -0.492 e. The van der Waals surface area contributed by atoms with E-state index in [0.717, 1.165) is 19.4 Å². The third-order valence-corrected chi connectivity index (χ3v) is 3.91. The first-order valence-electron chi connectivity index (χ1n) is 7.90. The molecule has 1 fully saturated rings. The number of anilines is 1. The molecular weight excluding hydrogens is 316 g/mol. The maximum atomic E-state index is 12.2. The molecule has 1 unspecified atom stereocenters. The summed E-state index contributed by atoms with van der Waals surface area (Å²) in [6, 6.07) is 5.18. The van der Waals surface area contributed by atoms with Gasteiger partial charge in [0.05, 0.1) is 11.6 Å². The lowest BCUT2D eigenvalue weighted by Crippen LogP contribution is -2.44. The molecule has 2 rings (SSSR count). The fourth-order valence-corrected chi connectivity index (χ4v) is 2.70. The van der Waals surface area contributed by atoms with Crippen LogP contribution in [0.2, 0.25) is 5.02 Å². The number of ether oxygens (including phenoxy) is 2. The highest BCUT2D eigenvalue weighted by atomic mass is 35.5. The number of amides is 1. The van der Waals surface area contributed by atoms with Crippen LogP contribution >= 0.6 is 11.6 Å². The third kappa shape index (κ3) is 5.50. The van der Waals surface area contributed by atoms with Crippen molar-refractivity contribution >= 4 is 23.4 Å². The van der Waals surface area contributed by atoms with Crippen molar-refractivity contribution in [3.05, 3.63) is 23.2 Å². The van der Waals surface area contributed by atoms with Gasteiger partial charge in [-0.05, 0) is 45.7 Å². The molecule has 5 nitrogen and oxygen atoms in total. The molecule has 1 saturated heterocycles. The molecule has 1 atom stereocenters. The van der Waals surface area contributed by atoms with Gasteiger partial charge in [-0.15, -0.1) is 0 Å². The molecule has 1 aromatic carbocycles. The highest BCUT2D eigenvalue weighted by Crippen LogP contribution is 2.28. The van der Waals surface area contributed by atoms with E-state index < -0.39 is 5.60 Å². The van der Waals surface area contributed by atoms with E-state index in [9.17, 15) is 4.79 Å². The third-order valence-electron chi connectivity index (χ3n) is 3.60. The Hall–Kier alpha value is -1.62. The number of hydrogen-bond donors (Lipinski definition) is 1. The summed E-state index contributed by atoms with van der Waals surface area (Å²) in [7, 11) is 0. The van der Waals surface area contributed by atoms with Gasteiger partial charge < -0.3 is 20.1 Å². The Kier molecular flexibility index (Phi) is 5.63. The molecule has 2 N–H and O–H groups in total. The van der Waals surface area contributed by atoms with Crippen molar-refractivity contribution in [1.82, 2.24) is 4.90 Å². The molecule has 1 amide bonds. The van der Waals surface area contributed by atoms with Crippen LogP contribution in [0.25, 0.3) is 0 Å². The molecule has 0 saturated carbocycles. The zero-order valence-corrected chi connectivity index (χ0v) is 14.7. The fourth-order valence-electron chi connectivity index (χ4n) is 2.53. The molecule has 0 radical (unpaired) electrons. The van der Waals surface area contributed by atoms with Gasteiger partial charge in [0.2, 0.25) is 0 Å². The number of hydrogen-bond acceptors (Lipinski definition) is 4. The number of halogens is 1. The molecule has 0 spiro atoms. The summed E-state index contributed by atoms with van der Waals surface area (Å²) in [4.78, 5) is 13.9. The van der Waals surface area contributed by atoms with E-state index in [4.69, 9.17) is 26.8 Å². The number of benzene rings is 1. The number of rotatable bonds is 3. The first kappa shape index (κ1) is 17.7. The second-order valence-corrected chi connectivity index (χ2v) is 7.34. The normalized spacial score (nSPS) is 18.6. The molecule has 1 aliphatic heterocycles. The van der Waals surface area contributed by atoms with Gasteiger partial charge in [-0.2, -0.15) is 0 Å². The van der Waals surface area contributed by atoms with Crippen LogP contribution in [-0.2, 0) is 4.74 Å². The second-order valence-electron chi connectivity index (χ2n) is 6.94. The molecule has 23 heavy (non-hydrogen) atoms. The first-order chi connectivity index (χ1) is 10.7. The Morgan fingerprint density at radius 3 is 2.87 bits per heavy atom. The van der Waals surface area contributed by atoms with Crippen molar-refractivity contribution in [2.45, 2.75) is 39.2 Å². The van der Waals surface area contributed by atoms with Crippen molar-refractivity contribution in [2.24, 2.45) is 5.92 Å². The number of carbonyl (C=O) groups excluding carboxylic acids is 1. The smallest absolute Gasteiger partial charge is 0.410 e. The quantitative estimate of drug-likeness (QED) is 0.846. The van der Waals surface area contributed by atoms with Crippen LogP contribution in [0.3, 0.4) is 0 Å². The molecule has 1 aliphatic rings. The SMILES string of the molecule is CC(C)(C)OC(=O)N1CCCC(COc2cc(N)ccc2Cl)C1. The van der Waals surface area contributed by atoms with Crippen LogP contribution in [-0.4, -0.2) is 36.3 Å². The Balaban J connectivity index is 1.89. The highest BCUT2D eigenvalue weighted by Gasteiger charge is 2.28. The zero-order chi connectivity index (χ0) is 17.0. The maximum absolute atomic E-state index is 12.2. The number of nitrogen functional groups attached to an aromatic ring is 1. The summed E-state index contributed by atoms with van der Waals surface area (Å²) in [5.41, 5.74) is 5.89. The lowest BCUT2D eigenvalue weighted by Gasteiger charge is -2.34. The van der Waals surface area contributed by atoms with Crippen LogP contribution in [0.1, 0.15) is 33.6 Å². The van der Waals surface area contributed by atoms with Crippen molar-refractivity contribution in [2.75, 3.05) is 25.4 Å². The van der Waals surface area contributed by atoms with E-state index in [2.05, 4.69) is 0 Å². The van der Waals surface area contributed by atoms with Crippen molar-refractivity contribution in [3.8, 4) is 5.75 Å². The van der Waals surface area contributed by atoms with Crippen molar-refractivity contribution < 1.29 is 14.3 Å². The topological polar surface area (TPSA) is 64.8 Å². The predicted octanol–water partition coefficient (Wildman–Crippen LogP) is 3.95. The predicted molar refractivity (Wildman–Crippen MR) is 91.9 cm³/mol. The van der Waals surface area contributed by atoms with Gasteiger partial charge in [-0.1, -0.05) is 11.6 Å². The van der Waals surface area contributed by atoms with Gasteiger partial charge >= 0.3 is 6.09 Å². The molecule has 0 aliphatic carbocycles. The molecule has 6 heteroatoms. The van der Waals surface area contributed by atoms with Gasteiger partial charge in [0.15, 0.2) is 0 Å². The Labute approximate surface area is 142 Å². The van der Waals surface area contributed by atoms with Crippen LogP contribution in [0.4, 0.5) is 10.5 Å². The zero-order valence-electron chi connectivity index (χ0n) is 14.0. The van der Waals surface area contributed by atoms with Gasteiger partial charge in [-0.25, -0.2) is 4.79 Å². The van der Waals surface area contributed by atoms with Crippen LogP contribution in [0.5, 0.6) is 5.75 Å². The Bertz CT molecular complexity index is 557. The summed E-state index contributed by atoms with van der Waals surface area (Å²) in [5, 5.41) is 0.541. The van der Waals surface area contributed by atoms with E-state index in [1.54, 1.807) is 23.1 Å². The first-order valence-corrected chi connectivity index (χ1v) is 8.28. The molecule has 0 bridgehead atoms. The molecule has 0 aromatic heterocycles. The maximum Gasteiger partial charge on any atom is 0.410 e. The number of nitrogens with two attached hydrogens (primary N) is 1. The Morgan fingerprint density at radius 2 is 2.17 bits per heavy atom. The molecule has 1 aromatic rings. The van der Waals surface area contributed by atoms with Crippen LogP contribution in [0.15, 0.2) is 18.2 Å². The van der Waals surface area contributed by atoms with E-state index in [0.29, 0.717) is 29.6 Å². The number of carbonyl (C=O) groups is 1. The monoisotopic (exact) mass is 340 g/mol. The van der Waals surface area contributed by atoms with Gasteiger partial charge in [0, 0.05) is 30.8 Å². The molecule has 1 heterocycles. The average molecular weight is 341 g/mol. The standard InChI is InChI=1S/C17H25ClN2O3/c1-17(2,3)23-16(21)20-8-4-5-12(10-20)11-22-15-9-13(19)6-7-14(15)18/h6-7,9,12H,4-5,8,10-11,19H2,1-3H3. The number of nitrogens with zero attached hydrogens (tertiary/aromatic N) is 1. The average Bonchev–Trinajstić information content (AvgIpc) is 2.47. The largest absolute Gasteiger partial charge is 0.492 e. The van der Waals surface area contributed by atoms with E-state index in [-0.39, 0.29) is 12.0 Å². The van der Waals surface area contributed by atoms with E-state index >= 15 is 0 Å². The summed E-state index contributed by atoms with van der Waals surface area (Å²) in [6.45, 7) is 7.48. The highest BCUT2D eigenvalue weighted by molar-refractivity contribution is 6.32. The number of likely N-dealkylation sites (tertiary alicyclic amines) is 1. The van der Waals surface area contributed by atoms with Gasteiger partial charge in [-0.3, -0.25) is 0 Å².